The Morgan fingerprint density at radius 2 is 2.31 bits per heavy atom. The van der Waals surface area contributed by atoms with Gasteiger partial charge in [0.25, 0.3) is 10.1 Å². The lowest BCUT2D eigenvalue weighted by atomic mass is 10.2. The van der Waals surface area contributed by atoms with Crippen molar-refractivity contribution in [3.8, 4) is 0 Å². The summed E-state index contributed by atoms with van der Waals surface area (Å²) in [6.45, 7) is 1.52. The predicted octanol–water partition coefficient (Wildman–Crippen LogP) is 1.96. The quantitative estimate of drug-likeness (QED) is 0.789. The maximum atomic E-state index is 10.6. The molecule has 0 aromatic carbocycles. The summed E-state index contributed by atoms with van der Waals surface area (Å²) in [6.07, 6.45) is 1.18. The van der Waals surface area contributed by atoms with Gasteiger partial charge in [0.05, 0.1) is 5.25 Å². The monoisotopic (exact) mass is 220 g/mol. The number of hydrogen-bond acceptors (Lipinski definition) is 3. The number of hydrogen-bond donors (Lipinski definition) is 1. The molecule has 0 fully saturated rings. The summed E-state index contributed by atoms with van der Waals surface area (Å²) in [7, 11) is -3.85. The average Bonchev–Trinajstić information content (AvgIpc) is 2.50. The Labute approximate surface area is 82.2 Å². The van der Waals surface area contributed by atoms with Gasteiger partial charge in [0.2, 0.25) is 0 Å². The molecule has 1 unspecified atom stereocenters. The maximum absolute atomic E-state index is 10.6. The van der Waals surface area contributed by atoms with Gasteiger partial charge in [-0.05, 0) is 31.2 Å². The molecule has 1 atom stereocenters. The Bertz CT molecular complexity index is 339. The molecule has 1 rings (SSSR count). The smallest absolute Gasteiger partial charge is 0.267 e. The highest BCUT2D eigenvalue weighted by molar-refractivity contribution is 7.86. The first kappa shape index (κ1) is 10.7. The first-order chi connectivity index (χ1) is 6.00. The summed E-state index contributed by atoms with van der Waals surface area (Å²) in [5, 5.41) is 1.28. The summed E-state index contributed by atoms with van der Waals surface area (Å²) < 4.78 is 30.0. The molecule has 0 spiro atoms. The molecule has 1 heterocycles. The van der Waals surface area contributed by atoms with E-state index in [4.69, 9.17) is 4.55 Å². The van der Waals surface area contributed by atoms with Crippen LogP contribution in [0.3, 0.4) is 0 Å². The van der Waals surface area contributed by atoms with Crippen molar-refractivity contribution in [1.82, 2.24) is 0 Å². The van der Waals surface area contributed by atoms with Gasteiger partial charge in [0.15, 0.2) is 0 Å². The fraction of sp³-hybridized carbons (Fsp3) is 0.500. The highest BCUT2D eigenvalue weighted by Gasteiger charge is 2.16. The molecule has 0 saturated carbocycles. The van der Waals surface area contributed by atoms with E-state index in [1.807, 2.05) is 17.5 Å². The van der Waals surface area contributed by atoms with Crippen molar-refractivity contribution < 1.29 is 13.0 Å². The molecule has 0 saturated heterocycles. The van der Waals surface area contributed by atoms with E-state index in [1.54, 1.807) is 11.3 Å². The lowest BCUT2D eigenvalue weighted by Crippen LogP contribution is -2.16. The van der Waals surface area contributed by atoms with Crippen LogP contribution in [0.15, 0.2) is 17.5 Å². The van der Waals surface area contributed by atoms with Gasteiger partial charge in [-0.25, -0.2) is 0 Å². The van der Waals surface area contributed by atoms with Gasteiger partial charge < -0.3 is 0 Å². The molecule has 3 nitrogen and oxygen atoms in total. The van der Waals surface area contributed by atoms with Crippen molar-refractivity contribution in [2.45, 2.75) is 25.0 Å². The van der Waals surface area contributed by atoms with Crippen molar-refractivity contribution in [2.75, 3.05) is 0 Å². The summed E-state index contributed by atoms with van der Waals surface area (Å²) in [5.74, 6) is 0. The molecular formula is C8H12O3S2. The molecule has 0 aliphatic rings. The summed E-state index contributed by atoms with van der Waals surface area (Å²) >= 11 is 1.60. The first-order valence-corrected chi connectivity index (χ1v) is 6.37. The third kappa shape index (κ3) is 3.46. The van der Waals surface area contributed by atoms with Crippen molar-refractivity contribution in [3.05, 3.63) is 22.4 Å². The molecule has 5 heteroatoms. The molecule has 0 amide bonds. The Morgan fingerprint density at radius 1 is 1.62 bits per heavy atom. The van der Waals surface area contributed by atoms with Crippen LogP contribution >= 0.6 is 11.3 Å². The molecule has 0 radical (unpaired) electrons. The summed E-state index contributed by atoms with van der Waals surface area (Å²) in [4.78, 5) is 1.15. The molecule has 1 N–H and O–H groups in total. The van der Waals surface area contributed by atoms with Gasteiger partial charge in [-0.2, -0.15) is 8.42 Å². The van der Waals surface area contributed by atoms with Crippen molar-refractivity contribution in [3.63, 3.8) is 0 Å². The zero-order valence-electron chi connectivity index (χ0n) is 7.30. The van der Waals surface area contributed by atoms with Gasteiger partial charge in [0, 0.05) is 4.88 Å². The molecule has 1 aromatic heterocycles. The predicted molar refractivity (Wildman–Crippen MR) is 53.7 cm³/mol. The van der Waals surface area contributed by atoms with Crippen LogP contribution in [0, 0.1) is 0 Å². The van der Waals surface area contributed by atoms with E-state index in [0.29, 0.717) is 12.8 Å². The van der Waals surface area contributed by atoms with E-state index in [1.165, 1.54) is 6.92 Å². The molecule has 74 valence electrons. The van der Waals surface area contributed by atoms with Crippen LogP contribution in [0.2, 0.25) is 0 Å². The molecular weight excluding hydrogens is 208 g/mol. The highest BCUT2D eigenvalue weighted by atomic mass is 32.2. The van der Waals surface area contributed by atoms with Crippen LogP contribution < -0.4 is 0 Å². The highest BCUT2D eigenvalue weighted by Crippen LogP contribution is 2.14. The standard InChI is InChI=1S/C8H12O3S2/c1-7(13(9,10)11)4-5-8-3-2-6-12-8/h2-3,6-7H,4-5H2,1H3,(H,9,10,11). The van der Waals surface area contributed by atoms with Crippen LogP contribution in [-0.2, 0) is 16.5 Å². The molecule has 0 bridgehead atoms. The summed E-state index contributed by atoms with van der Waals surface area (Å²) in [5.41, 5.74) is 0. The van der Waals surface area contributed by atoms with Crippen molar-refractivity contribution >= 4 is 21.5 Å². The molecule has 0 aliphatic heterocycles. The minimum Gasteiger partial charge on any atom is -0.285 e. The van der Waals surface area contributed by atoms with Gasteiger partial charge >= 0.3 is 0 Å². The minimum atomic E-state index is -3.85. The van der Waals surface area contributed by atoms with E-state index in [0.717, 1.165) is 4.88 Å². The van der Waals surface area contributed by atoms with Gasteiger partial charge in [-0.15, -0.1) is 11.3 Å². The number of thiophene rings is 1. The Balaban J connectivity index is 2.44. The molecule has 13 heavy (non-hydrogen) atoms. The van der Waals surface area contributed by atoms with E-state index in [-0.39, 0.29) is 0 Å². The van der Waals surface area contributed by atoms with Crippen LogP contribution in [-0.4, -0.2) is 18.2 Å². The van der Waals surface area contributed by atoms with E-state index in [2.05, 4.69) is 0 Å². The average molecular weight is 220 g/mol. The lowest BCUT2D eigenvalue weighted by molar-refractivity contribution is 0.466. The largest absolute Gasteiger partial charge is 0.285 e. The van der Waals surface area contributed by atoms with Crippen LogP contribution in [0.25, 0.3) is 0 Å². The fourth-order valence-electron chi connectivity index (χ4n) is 0.949. The number of aryl methyl sites for hydroxylation is 1. The third-order valence-corrected chi connectivity index (χ3v) is 4.07. The van der Waals surface area contributed by atoms with Crippen LogP contribution in [0.4, 0.5) is 0 Å². The Kier molecular flexibility index (Phi) is 3.47. The van der Waals surface area contributed by atoms with Gasteiger partial charge in [-0.1, -0.05) is 6.07 Å². The zero-order chi connectivity index (χ0) is 9.90. The second-order valence-electron chi connectivity index (χ2n) is 2.94. The zero-order valence-corrected chi connectivity index (χ0v) is 8.94. The van der Waals surface area contributed by atoms with Crippen LogP contribution in [0.1, 0.15) is 18.2 Å². The van der Waals surface area contributed by atoms with Gasteiger partial charge in [0.1, 0.15) is 0 Å². The van der Waals surface area contributed by atoms with E-state index < -0.39 is 15.4 Å². The van der Waals surface area contributed by atoms with Crippen molar-refractivity contribution in [2.24, 2.45) is 0 Å². The minimum absolute atomic E-state index is 0.472. The number of rotatable bonds is 4. The molecule has 0 aliphatic carbocycles. The third-order valence-electron chi connectivity index (χ3n) is 1.89. The normalized spacial score (nSPS) is 14.3. The Morgan fingerprint density at radius 3 is 2.77 bits per heavy atom. The fourth-order valence-corrected chi connectivity index (χ4v) is 2.09. The topological polar surface area (TPSA) is 54.4 Å². The van der Waals surface area contributed by atoms with Crippen molar-refractivity contribution in [1.29, 1.82) is 0 Å². The van der Waals surface area contributed by atoms with E-state index in [9.17, 15) is 8.42 Å². The lowest BCUT2D eigenvalue weighted by Gasteiger charge is -2.05. The maximum Gasteiger partial charge on any atom is 0.267 e. The van der Waals surface area contributed by atoms with Gasteiger partial charge in [-0.3, -0.25) is 4.55 Å². The first-order valence-electron chi connectivity index (χ1n) is 3.99. The SMILES string of the molecule is CC(CCc1cccs1)S(=O)(=O)O. The Hall–Kier alpha value is -0.390. The molecule has 1 aromatic rings. The van der Waals surface area contributed by atoms with Crippen LogP contribution in [0.5, 0.6) is 0 Å². The second kappa shape index (κ2) is 4.21. The van der Waals surface area contributed by atoms with E-state index >= 15 is 0 Å². The second-order valence-corrected chi connectivity index (χ2v) is 5.81. The summed E-state index contributed by atoms with van der Waals surface area (Å²) in [6, 6.07) is 3.89.